The number of nitrogens with zero attached hydrogens (tertiary/aromatic N) is 4. The molecule has 0 bridgehead atoms. The molecule has 0 aliphatic rings. The van der Waals surface area contributed by atoms with E-state index in [0.717, 1.165) is 0 Å². The number of anilines is 3. The largest absolute Gasteiger partial charge is 0.308 e. The molecule has 0 saturated heterocycles. The van der Waals surface area contributed by atoms with Gasteiger partial charge in [-0.25, -0.2) is 0 Å². The van der Waals surface area contributed by atoms with Crippen molar-refractivity contribution in [1.29, 1.82) is 2.56 Å². The van der Waals surface area contributed by atoms with Crippen LogP contribution in [0.15, 0.2) is 72.8 Å². The van der Waals surface area contributed by atoms with Crippen LogP contribution in [0.4, 0.5) is 34.1 Å². The molecule has 0 saturated carbocycles. The van der Waals surface area contributed by atoms with Crippen molar-refractivity contribution in [3.05, 3.63) is 103 Å². The highest BCUT2D eigenvalue weighted by atomic mass is 32.0. The van der Waals surface area contributed by atoms with E-state index in [1.54, 1.807) is 60.7 Å². The van der Waals surface area contributed by atoms with Crippen molar-refractivity contribution in [3.8, 4) is 0 Å². The lowest BCUT2D eigenvalue weighted by atomic mass is 10.2. The van der Waals surface area contributed by atoms with Gasteiger partial charge >= 0.3 is 11.4 Å². The Bertz CT molecular complexity index is 1060. The zero-order chi connectivity index (χ0) is 26.4. The summed E-state index contributed by atoms with van der Waals surface area (Å²) in [4.78, 5) is 31.4. The van der Waals surface area contributed by atoms with Crippen LogP contribution in [-0.2, 0) is 0 Å². The zero-order valence-electron chi connectivity index (χ0n) is 18.8. The minimum atomic E-state index is -0.921. The molecule has 33 heavy (non-hydrogen) atoms. The van der Waals surface area contributed by atoms with Crippen LogP contribution in [0.5, 0.6) is 0 Å². The summed E-state index contributed by atoms with van der Waals surface area (Å²) in [5.41, 5.74) is 0.987. The molecule has 174 valence electrons. The van der Waals surface area contributed by atoms with Crippen molar-refractivity contribution in [2.75, 3.05) is 10.4 Å². The highest BCUT2D eigenvalue weighted by molar-refractivity contribution is 7.92. The molecule has 0 aliphatic heterocycles. The first-order chi connectivity index (χ1) is 16.7. The monoisotopic (exact) mass is 529 g/mol. The van der Waals surface area contributed by atoms with Crippen LogP contribution in [0.1, 0.15) is 0 Å². The van der Waals surface area contributed by atoms with Crippen molar-refractivity contribution in [2.45, 2.75) is 0 Å². The summed E-state index contributed by atoms with van der Waals surface area (Å²) in [5.74, 6) is 0. The summed E-state index contributed by atoms with van der Waals surface area (Å²) in [6.07, 6.45) is 0. The molecule has 0 spiro atoms. The molecule has 4 unspecified atom stereocenters. The van der Waals surface area contributed by atoms with Gasteiger partial charge in [-0.15, -0.1) is 35.6 Å². The third-order valence-corrected chi connectivity index (χ3v) is 3.94. The molecule has 0 fully saturated rings. The van der Waals surface area contributed by atoms with Gasteiger partial charge < -0.3 is 0 Å². The van der Waals surface area contributed by atoms with Gasteiger partial charge in [-0.1, -0.05) is 36.4 Å². The fourth-order valence-corrected chi connectivity index (χ4v) is 2.65. The molecule has 1 N–H and O–H groups in total. The molecule has 0 radical (unpaired) electrons. The van der Waals surface area contributed by atoms with Crippen molar-refractivity contribution < 1.29 is 14.8 Å². The zero-order valence-corrected chi connectivity index (χ0v) is 21.1. The maximum atomic E-state index is 11.5. The SMILES string of the molecule is O=[N+]([O-])c1cc([N+](=O)[O-])c(NN(c2ccccc2)c2ccccc2)c([N+](=O)[O-])c1.[2H]PP.[2H]PP. The van der Waals surface area contributed by atoms with Gasteiger partial charge in [-0.05, 0) is 24.3 Å². The average Bonchev–Trinajstić information content (AvgIpc) is 2.84. The topological polar surface area (TPSA) is 145 Å². The van der Waals surface area contributed by atoms with Crippen LogP contribution in [0, 0.1) is 30.3 Å². The van der Waals surface area contributed by atoms with Gasteiger partial charge in [0, 0.05) is 0 Å². The van der Waals surface area contributed by atoms with Gasteiger partial charge in [0.2, 0.25) is 5.69 Å². The van der Waals surface area contributed by atoms with Crippen LogP contribution in [0.25, 0.3) is 0 Å². The second-order valence-electron chi connectivity index (χ2n) is 5.75. The number of nitro groups is 3. The number of nitro benzene ring substituents is 3. The molecular formula is C18H21N5O6P4. The lowest BCUT2D eigenvalue weighted by Crippen LogP contribution is -2.25. The standard InChI is InChI=1S/C18H13N5O6.2H4P2/c24-21(25)15-11-16(22(26)27)18(17(12-15)23(28)29)19-20(13-7-3-1-4-8-13)14-9-5-2-6-10-14;2*1-2/h1-12,19H;2*1-2H2/i;2*1D. The Balaban J connectivity index is 0.000000926. The van der Waals surface area contributed by atoms with Gasteiger partial charge in [-0.2, -0.15) is 0 Å². The number of rotatable bonds is 7. The lowest BCUT2D eigenvalue weighted by Gasteiger charge is -2.26. The van der Waals surface area contributed by atoms with Crippen LogP contribution in [0.3, 0.4) is 0 Å². The summed E-state index contributed by atoms with van der Waals surface area (Å²) in [5, 5.41) is 35.5. The molecular weight excluding hydrogens is 506 g/mol. The van der Waals surface area contributed by atoms with Crippen LogP contribution in [0.2, 0.25) is 0 Å². The van der Waals surface area contributed by atoms with E-state index in [9.17, 15) is 30.3 Å². The number of nitrogens with one attached hydrogen (secondary N) is 1. The highest BCUT2D eigenvalue weighted by Crippen LogP contribution is 2.40. The number of para-hydroxylation sites is 2. The van der Waals surface area contributed by atoms with Crippen LogP contribution < -0.4 is 10.4 Å². The molecule has 3 aromatic carbocycles. The molecule has 0 heterocycles. The van der Waals surface area contributed by atoms with Gasteiger partial charge in [0.15, 0.2) is 0 Å². The molecule has 11 nitrogen and oxygen atoms in total. The number of benzene rings is 3. The summed E-state index contributed by atoms with van der Waals surface area (Å²) in [6, 6.07) is 18.6. The summed E-state index contributed by atoms with van der Waals surface area (Å²) >= 11 is 0. The maximum Gasteiger partial charge on any atom is 0.308 e. The van der Waals surface area contributed by atoms with E-state index in [1.165, 1.54) is 5.01 Å². The fourth-order valence-electron chi connectivity index (χ4n) is 2.65. The normalized spacial score (nSPS) is 10.8. The van der Waals surface area contributed by atoms with Crippen LogP contribution >= 0.6 is 35.6 Å². The third-order valence-electron chi connectivity index (χ3n) is 3.94. The Morgan fingerprint density at radius 3 is 1.39 bits per heavy atom. The van der Waals surface area contributed by atoms with Crippen LogP contribution in [-0.4, -0.2) is 17.3 Å². The minimum absolute atomic E-state index is 0.250. The number of hydrazine groups is 1. The fraction of sp³-hybridized carbons (Fsp3) is 0. The summed E-state index contributed by atoms with van der Waals surface area (Å²) < 4.78 is 12.4. The van der Waals surface area contributed by atoms with E-state index >= 15 is 0 Å². The third kappa shape index (κ3) is 7.62. The predicted octanol–water partition coefficient (Wildman–Crippen LogP) is 5.88. The van der Waals surface area contributed by atoms with E-state index in [1.807, 2.05) is 0 Å². The molecule has 0 aromatic heterocycles. The molecule has 15 heteroatoms. The molecule has 3 aromatic rings. The first kappa shape index (κ1) is 24.8. The van der Waals surface area contributed by atoms with Gasteiger partial charge in [-0.3, -0.25) is 40.8 Å². The Morgan fingerprint density at radius 2 is 1.09 bits per heavy atom. The second-order valence-corrected chi connectivity index (χ2v) is 5.75. The Morgan fingerprint density at radius 1 is 0.727 bits per heavy atom. The predicted molar refractivity (Wildman–Crippen MR) is 144 cm³/mol. The molecule has 4 atom stereocenters. The van der Waals surface area contributed by atoms with Crippen molar-refractivity contribution in [3.63, 3.8) is 0 Å². The summed E-state index contributed by atoms with van der Waals surface area (Å²) in [7, 11) is 5.05. The van der Waals surface area contributed by atoms with Crippen molar-refractivity contribution in [1.82, 2.24) is 0 Å². The van der Waals surface area contributed by atoms with E-state index in [-0.39, 0.29) is 17.7 Å². The number of hydrogen-bond acceptors (Lipinski definition) is 8. The first-order valence-electron chi connectivity index (χ1n) is 9.74. The average molecular weight is 529 g/mol. The van der Waals surface area contributed by atoms with Gasteiger partial charge in [0.05, 0.1) is 40.8 Å². The van der Waals surface area contributed by atoms with Gasteiger partial charge in [0.25, 0.3) is 5.69 Å². The Kier molecular flexibility index (Phi) is 10.8. The Hall–Kier alpha value is -2.82. The smallest absolute Gasteiger partial charge is 0.282 e. The minimum Gasteiger partial charge on any atom is -0.282 e. The Labute approximate surface area is 200 Å². The second kappa shape index (κ2) is 14.4. The lowest BCUT2D eigenvalue weighted by molar-refractivity contribution is -0.401. The maximum absolute atomic E-state index is 11.5. The highest BCUT2D eigenvalue weighted by Gasteiger charge is 2.32. The number of hydrogen-bond donors (Lipinski definition) is 1. The quantitative estimate of drug-likeness (QED) is 0.227. The van der Waals surface area contributed by atoms with E-state index in [2.05, 4.69) is 23.3 Å². The molecule has 0 amide bonds. The van der Waals surface area contributed by atoms with E-state index < -0.39 is 37.5 Å². The van der Waals surface area contributed by atoms with Crippen molar-refractivity contribution >= 4 is 69.7 Å². The first-order valence-corrected chi connectivity index (χ1v) is 13.4. The van der Waals surface area contributed by atoms with Gasteiger partial charge in [0.1, 0.15) is 0 Å². The molecule has 0 aliphatic carbocycles. The van der Waals surface area contributed by atoms with E-state index in [0.29, 0.717) is 23.5 Å². The molecule has 3 rings (SSSR count). The summed E-state index contributed by atoms with van der Waals surface area (Å²) in [6.45, 7) is 0. The van der Waals surface area contributed by atoms with Crippen molar-refractivity contribution in [2.24, 2.45) is 0 Å². The number of non-ortho nitro benzene ring substituents is 1. The van der Waals surface area contributed by atoms with E-state index in [4.69, 9.17) is 2.56 Å².